The van der Waals surface area contributed by atoms with Gasteiger partial charge >= 0.3 is 19.8 Å². The second kappa shape index (κ2) is 17.5. The molecule has 0 aliphatic heterocycles. The molecule has 6 aromatic rings. The first kappa shape index (κ1) is 36.4. The summed E-state index contributed by atoms with van der Waals surface area (Å²) in [6.07, 6.45) is 10.4. The minimum atomic E-state index is 0. The largest absolute Gasteiger partial charge is 1.00 e. The van der Waals surface area contributed by atoms with Crippen LogP contribution in [0, 0.1) is 60.0 Å². The molecule has 0 aliphatic carbocycles. The van der Waals surface area contributed by atoms with Gasteiger partial charge in [-0.25, -0.2) is 19.3 Å². The number of nitrogens with zero attached hydrogens (tertiary/aromatic N) is 7. The van der Waals surface area contributed by atoms with Gasteiger partial charge in [-0.05, 0) is 94.8 Å². The Morgan fingerprint density at radius 3 is 1.74 bits per heavy atom. The van der Waals surface area contributed by atoms with Crippen LogP contribution in [-0.2, 0) is 19.8 Å². The van der Waals surface area contributed by atoms with Gasteiger partial charge in [0.05, 0.1) is 18.5 Å². The molecule has 1 radical (unpaired) electrons. The summed E-state index contributed by atoms with van der Waals surface area (Å²) < 4.78 is 14.3. The van der Waals surface area contributed by atoms with Crippen LogP contribution in [0.5, 0.6) is 11.5 Å². The molecule has 241 valence electrons. The molecular formula is C37H38N7O2Os. The standard InChI is InChI=1S/C15H12NO2.2C11H13N3.Os/c1-3-9-18-14-6-4-5-12(10-14)15-11-13(17-2)7-8-16-15;2*1-8-9(2)13-14(10(8)3)11-6-4-5-7-12-11;/h1,4,6-8,10-11H,9H2,2H3;2*4-7H,1-3H3;/q-1;;;+1. The van der Waals surface area contributed by atoms with Crippen molar-refractivity contribution in [1.82, 2.24) is 34.5 Å². The minimum absolute atomic E-state index is 0. The van der Waals surface area contributed by atoms with E-state index in [-0.39, 0.29) is 26.4 Å². The molecule has 0 atom stereocenters. The Hall–Kier alpha value is -5.11. The summed E-state index contributed by atoms with van der Waals surface area (Å²) in [5.74, 6) is 5.63. The van der Waals surface area contributed by atoms with Crippen molar-refractivity contribution in [3.05, 3.63) is 125 Å². The number of hydrogen-bond acceptors (Lipinski definition) is 7. The number of rotatable bonds is 6. The van der Waals surface area contributed by atoms with E-state index in [9.17, 15) is 0 Å². The smallest absolute Gasteiger partial charge is 0.500 e. The van der Waals surface area contributed by atoms with Crippen molar-refractivity contribution < 1.29 is 29.3 Å². The van der Waals surface area contributed by atoms with Crippen molar-refractivity contribution in [2.75, 3.05) is 13.7 Å². The van der Waals surface area contributed by atoms with E-state index >= 15 is 0 Å². The predicted molar refractivity (Wildman–Crippen MR) is 181 cm³/mol. The van der Waals surface area contributed by atoms with Gasteiger partial charge in [-0.3, -0.25) is 0 Å². The molecule has 0 saturated heterocycles. The van der Waals surface area contributed by atoms with E-state index in [0.29, 0.717) is 5.75 Å². The molecule has 5 heterocycles. The topological polar surface area (TPSA) is 92.8 Å². The van der Waals surface area contributed by atoms with Crippen molar-refractivity contribution in [3.8, 4) is 46.7 Å². The minimum Gasteiger partial charge on any atom is -0.500 e. The van der Waals surface area contributed by atoms with E-state index in [2.05, 4.69) is 64.8 Å². The Morgan fingerprint density at radius 2 is 1.30 bits per heavy atom. The van der Waals surface area contributed by atoms with Crippen LogP contribution in [0.25, 0.3) is 22.9 Å². The van der Waals surface area contributed by atoms with Gasteiger partial charge in [-0.2, -0.15) is 10.2 Å². The van der Waals surface area contributed by atoms with Gasteiger partial charge < -0.3 is 14.5 Å². The number of methoxy groups -OCH3 is 1. The van der Waals surface area contributed by atoms with Gasteiger partial charge in [0.2, 0.25) is 0 Å². The van der Waals surface area contributed by atoms with Gasteiger partial charge in [-0.15, -0.1) is 36.3 Å². The summed E-state index contributed by atoms with van der Waals surface area (Å²) >= 11 is 0. The van der Waals surface area contributed by atoms with E-state index in [0.717, 1.165) is 51.4 Å². The van der Waals surface area contributed by atoms with Crippen LogP contribution in [0.3, 0.4) is 0 Å². The van der Waals surface area contributed by atoms with Crippen molar-refractivity contribution >= 4 is 0 Å². The molecule has 5 aromatic heterocycles. The molecule has 0 saturated carbocycles. The Labute approximate surface area is 290 Å². The Morgan fingerprint density at radius 1 is 0.723 bits per heavy atom. The Balaban J connectivity index is 0.000000192. The Bertz CT molecular complexity index is 1830. The molecule has 0 aliphatic rings. The number of aromatic nitrogens is 7. The van der Waals surface area contributed by atoms with Crippen molar-refractivity contribution in [2.45, 2.75) is 41.5 Å². The molecule has 9 nitrogen and oxygen atoms in total. The molecule has 0 bridgehead atoms. The zero-order chi connectivity index (χ0) is 33.1. The van der Waals surface area contributed by atoms with Gasteiger partial charge in [0, 0.05) is 35.7 Å². The number of ether oxygens (including phenoxy) is 2. The first-order valence-electron chi connectivity index (χ1n) is 14.7. The van der Waals surface area contributed by atoms with Crippen LogP contribution in [0.15, 0.2) is 85.3 Å². The normalized spacial score (nSPS) is 9.91. The number of hydrogen-bond donors (Lipinski definition) is 0. The summed E-state index contributed by atoms with van der Waals surface area (Å²) in [5.41, 5.74) is 8.51. The third-order valence-electron chi connectivity index (χ3n) is 7.38. The van der Waals surface area contributed by atoms with Crippen LogP contribution in [0.1, 0.15) is 33.9 Å². The van der Waals surface area contributed by atoms with Crippen molar-refractivity contribution in [1.29, 1.82) is 0 Å². The molecule has 0 unspecified atom stereocenters. The van der Waals surface area contributed by atoms with Crippen LogP contribution in [0.2, 0.25) is 0 Å². The predicted octanol–water partition coefficient (Wildman–Crippen LogP) is 6.95. The summed E-state index contributed by atoms with van der Waals surface area (Å²) in [6, 6.07) is 23.8. The fourth-order valence-corrected chi connectivity index (χ4v) is 4.34. The zero-order valence-electron chi connectivity index (χ0n) is 27.7. The average Bonchev–Trinajstić information content (AvgIpc) is 3.52. The maximum absolute atomic E-state index is 5.36. The molecule has 6 rings (SSSR count). The monoisotopic (exact) mass is 804 g/mol. The van der Waals surface area contributed by atoms with Crippen LogP contribution >= 0.6 is 0 Å². The zero-order valence-corrected chi connectivity index (χ0v) is 30.2. The summed E-state index contributed by atoms with van der Waals surface area (Å²) in [7, 11) is 1.62. The summed E-state index contributed by atoms with van der Waals surface area (Å²) in [4.78, 5) is 12.8. The van der Waals surface area contributed by atoms with Gasteiger partial charge in [0.25, 0.3) is 0 Å². The second-order valence-corrected chi connectivity index (χ2v) is 10.3. The first-order valence-corrected chi connectivity index (χ1v) is 14.7. The number of terminal acetylenes is 1. The SMILES string of the molecule is C#CCOc1cc[c-]c(-c2cc(OC)ccn2)c1.Cc1nn(-c2ccccn2)c(C)c1C.Cc1nn(-c2ccccn2)c(C)c1C.[Os+]. The first-order chi connectivity index (χ1) is 22.2. The van der Waals surface area contributed by atoms with Crippen LogP contribution < -0.4 is 9.47 Å². The van der Waals surface area contributed by atoms with Gasteiger partial charge in [0.15, 0.2) is 11.6 Å². The number of pyridine rings is 3. The molecule has 0 spiro atoms. The molecule has 10 heteroatoms. The van der Waals surface area contributed by atoms with E-state index in [1.165, 1.54) is 11.1 Å². The fourth-order valence-electron chi connectivity index (χ4n) is 4.34. The van der Waals surface area contributed by atoms with Crippen molar-refractivity contribution in [3.63, 3.8) is 0 Å². The molecule has 0 amide bonds. The molecule has 0 fully saturated rings. The molecular weight excluding hydrogens is 765 g/mol. The van der Waals surface area contributed by atoms with Crippen molar-refractivity contribution in [2.24, 2.45) is 0 Å². The molecule has 47 heavy (non-hydrogen) atoms. The summed E-state index contributed by atoms with van der Waals surface area (Å²) in [5, 5.41) is 8.87. The van der Waals surface area contributed by atoms with E-state index in [1.54, 1.807) is 43.9 Å². The maximum Gasteiger partial charge on any atom is 1.00 e. The maximum atomic E-state index is 5.36. The third kappa shape index (κ3) is 9.45. The third-order valence-corrected chi connectivity index (χ3v) is 7.38. The average molecular weight is 803 g/mol. The fraction of sp³-hybridized carbons (Fsp3) is 0.216. The summed E-state index contributed by atoms with van der Waals surface area (Å²) in [6.45, 7) is 12.6. The van der Waals surface area contributed by atoms with Crippen LogP contribution in [-0.4, -0.2) is 48.2 Å². The number of benzene rings is 1. The molecule has 1 aromatic carbocycles. The van der Waals surface area contributed by atoms with Crippen LogP contribution in [0.4, 0.5) is 0 Å². The van der Waals surface area contributed by atoms with Gasteiger partial charge in [0.1, 0.15) is 12.4 Å². The second-order valence-electron chi connectivity index (χ2n) is 10.3. The number of aryl methyl sites for hydroxylation is 2. The Kier molecular flexibility index (Phi) is 13.6. The van der Waals surface area contributed by atoms with Gasteiger partial charge in [-0.1, -0.05) is 18.1 Å². The van der Waals surface area contributed by atoms with E-state index < -0.39 is 0 Å². The van der Waals surface area contributed by atoms with E-state index in [4.69, 9.17) is 15.9 Å². The quantitative estimate of drug-likeness (QED) is 0.133. The van der Waals surface area contributed by atoms with E-state index in [1.807, 2.05) is 71.7 Å². The molecule has 0 N–H and O–H groups in total.